The van der Waals surface area contributed by atoms with Crippen molar-refractivity contribution in [2.75, 3.05) is 20.3 Å². The van der Waals surface area contributed by atoms with Gasteiger partial charge in [-0.15, -0.1) is 0 Å². The molecule has 3 aliphatic rings. The van der Waals surface area contributed by atoms with Crippen LogP contribution in [0.5, 0.6) is 11.5 Å². The van der Waals surface area contributed by atoms with Gasteiger partial charge in [0.1, 0.15) is 18.5 Å². The summed E-state index contributed by atoms with van der Waals surface area (Å²) in [5, 5.41) is 23.8. The van der Waals surface area contributed by atoms with Crippen LogP contribution in [0.15, 0.2) is 23.8 Å². The van der Waals surface area contributed by atoms with Crippen LogP contribution in [-0.4, -0.2) is 77.8 Å². The first-order valence-corrected chi connectivity index (χ1v) is 16.0. The average Bonchev–Trinajstić information content (AvgIpc) is 3.51. The summed E-state index contributed by atoms with van der Waals surface area (Å²) in [7, 11) is 1.48. The van der Waals surface area contributed by atoms with Crippen LogP contribution in [0.25, 0.3) is 0 Å². The first kappa shape index (κ1) is 31.7. The number of methoxy groups -OCH3 is 1. The van der Waals surface area contributed by atoms with E-state index in [4.69, 9.17) is 9.47 Å². The number of halogens is 1. The van der Waals surface area contributed by atoms with Crippen LogP contribution in [0.1, 0.15) is 87.4 Å². The van der Waals surface area contributed by atoms with Crippen LogP contribution in [0.3, 0.4) is 0 Å². The molecule has 0 aliphatic heterocycles. The highest BCUT2D eigenvalue weighted by molar-refractivity contribution is 14.1. The van der Waals surface area contributed by atoms with Gasteiger partial charge in [-0.2, -0.15) is 0 Å². The third-order valence-electron chi connectivity index (χ3n) is 8.71. The van der Waals surface area contributed by atoms with Crippen molar-refractivity contribution in [2.24, 2.45) is 5.92 Å². The standard InChI is InChI=1S/C31H43IN2O7/c1-40-27-16-21(19-36)15-24(32)30(27)41-26-18-22(31(39)33-13-14-35)17-25(29(26)38)34(23-9-3-2-4-10-23)28(37)12-11-20-7-5-6-8-20/h15-16,18-20,23,25-26,29,35,38H,2-14,17H2,1H3,(H,33,39). The highest BCUT2D eigenvalue weighted by Crippen LogP contribution is 2.38. The zero-order valence-corrected chi connectivity index (χ0v) is 26.0. The van der Waals surface area contributed by atoms with Gasteiger partial charge in [-0.1, -0.05) is 44.9 Å². The predicted molar refractivity (Wildman–Crippen MR) is 163 cm³/mol. The van der Waals surface area contributed by atoms with Crippen LogP contribution >= 0.6 is 22.6 Å². The van der Waals surface area contributed by atoms with E-state index in [-0.39, 0.29) is 37.4 Å². The van der Waals surface area contributed by atoms with Crippen LogP contribution in [0, 0.1) is 9.49 Å². The zero-order chi connectivity index (χ0) is 29.4. The number of ether oxygens (including phenoxy) is 2. The van der Waals surface area contributed by atoms with E-state index in [0.717, 1.165) is 44.8 Å². The van der Waals surface area contributed by atoms with Crippen molar-refractivity contribution < 1.29 is 34.1 Å². The predicted octanol–water partition coefficient (Wildman–Crippen LogP) is 4.16. The van der Waals surface area contributed by atoms with Crippen molar-refractivity contribution in [1.29, 1.82) is 0 Å². The number of rotatable bonds is 12. The van der Waals surface area contributed by atoms with E-state index in [9.17, 15) is 24.6 Å². The van der Waals surface area contributed by atoms with E-state index in [0.29, 0.717) is 38.5 Å². The van der Waals surface area contributed by atoms with Crippen LogP contribution < -0.4 is 14.8 Å². The molecule has 2 saturated carbocycles. The first-order valence-electron chi connectivity index (χ1n) is 14.9. The Morgan fingerprint density at radius 2 is 1.83 bits per heavy atom. The summed E-state index contributed by atoms with van der Waals surface area (Å²) in [5.74, 6) is 0.940. The number of nitrogens with zero attached hydrogens (tertiary/aromatic N) is 1. The molecular formula is C31H43IN2O7. The molecule has 41 heavy (non-hydrogen) atoms. The van der Waals surface area contributed by atoms with Gasteiger partial charge in [0.2, 0.25) is 11.8 Å². The molecule has 0 radical (unpaired) electrons. The zero-order valence-electron chi connectivity index (χ0n) is 23.9. The molecule has 3 aliphatic carbocycles. The Balaban J connectivity index is 1.66. The van der Waals surface area contributed by atoms with Gasteiger partial charge in [0, 0.05) is 36.6 Å². The van der Waals surface area contributed by atoms with E-state index in [2.05, 4.69) is 27.9 Å². The first-order chi connectivity index (χ1) is 19.9. The Bertz CT molecular complexity index is 1100. The number of hydrogen-bond acceptors (Lipinski definition) is 7. The summed E-state index contributed by atoms with van der Waals surface area (Å²) in [4.78, 5) is 40.4. The molecule has 4 rings (SSSR count). The highest BCUT2D eigenvalue weighted by Gasteiger charge is 2.43. The molecule has 3 N–H and O–H groups in total. The van der Waals surface area contributed by atoms with Gasteiger partial charge in [-0.05, 0) is 66.0 Å². The smallest absolute Gasteiger partial charge is 0.247 e. The third-order valence-corrected chi connectivity index (χ3v) is 9.51. The second kappa shape index (κ2) is 15.3. The summed E-state index contributed by atoms with van der Waals surface area (Å²) >= 11 is 2.05. The van der Waals surface area contributed by atoms with Crippen LogP contribution in [0.4, 0.5) is 0 Å². The van der Waals surface area contributed by atoms with Crippen molar-refractivity contribution >= 4 is 40.7 Å². The average molecular weight is 683 g/mol. The molecule has 3 unspecified atom stereocenters. The number of hydrogen-bond donors (Lipinski definition) is 3. The Hall–Kier alpha value is -2.18. The maximum absolute atomic E-state index is 13.9. The number of aliphatic hydroxyl groups is 2. The largest absolute Gasteiger partial charge is 0.493 e. The lowest BCUT2D eigenvalue weighted by Gasteiger charge is -2.45. The Kier molecular flexibility index (Phi) is 11.9. The van der Waals surface area contributed by atoms with Gasteiger partial charge in [-0.3, -0.25) is 14.4 Å². The molecule has 0 bridgehead atoms. The lowest BCUT2D eigenvalue weighted by Crippen LogP contribution is -2.58. The minimum absolute atomic E-state index is 0.00141. The van der Waals surface area contributed by atoms with E-state index in [1.807, 2.05) is 4.90 Å². The molecule has 10 heteroatoms. The number of amides is 2. The molecule has 0 saturated heterocycles. The molecule has 2 amide bonds. The molecule has 226 valence electrons. The van der Waals surface area contributed by atoms with Crippen LogP contribution in [-0.2, 0) is 9.59 Å². The van der Waals surface area contributed by atoms with Crippen molar-refractivity contribution in [2.45, 2.75) is 101 Å². The lowest BCUT2D eigenvalue weighted by molar-refractivity contribution is -0.143. The number of aldehydes is 1. The molecule has 0 heterocycles. The van der Waals surface area contributed by atoms with Crippen molar-refractivity contribution in [3.63, 3.8) is 0 Å². The minimum Gasteiger partial charge on any atom is -0.493 e. The molecule has 3 atom stereocenters. The van der Waals surface area contributed by atoms with Gasteiger partial charge in [0.25, 0.3) is 0 Å². The Morgan fingerprint density at radius 1 is 1.12 bits per heavy atom. The molecular weight excluding hydrogens is 639 g/mol. The summed E-state index contributed by atoms with van der Waals surface area (Å²) < 4.78 is 12.5. The topological polar surface area (TPSA) is 125 Å². The third kappa shape index (κ3) is 8.01. The van der Waals surface area contributed by atoms with Crippen molar-refractivity contribution in [3.8, 4) is 11.5 Å². The Labute approximate surface area is 256 Å². The fraction of sp³-hybridized carbons (Fsp3) is 0.645. The molecule has 2 fully saturated rings. The quantitative estimate of drug-likeness (QED) is 0.224. The van der Waals surface area contributed by atoms with E-state index in [1.165, 1.54) is 32.8 Å². The summed E-state index contributed by atoms with van der Waals surface area (Å²) in [6, 6.07) is 2.59. The number of benzene rings is 1. The molecule has 1 aromatic rings. The monoisotopic (exact) mass is 682 g/mol. The maximum atomic E-state index is 13.9. The number of aliphatic hydroxyl groups excluding tert-OH is 2. The molecule has 0 spiro atoms. The van der Waals surface area contributed by atoms with E-state index >= 15 is 0 Å². The molecule has 9 nitrogen and oxygen atoms in total. The van der Waals surface area contributed by atoms with E-state index < -0.39 is 18.2 Å². The minimum atomic E-state index is -1.09. The van der Waals surface area contributed by atoms with E-state index in [1.54, 1.807) is 18.2 Å². The van der Waals surface area contributed by atoms with Gasteiger partial charge in [0.05, 0.1) is 23.3 Å². The highest BCUT2D eigenvalue weighted by atomic mass is 127. The van der Waals surface area contributed by atoms with Crippen LogP contribution in [0.2, 0.25) is 0 Å². The van der Waals surface area contributed by atoms with Gasteiger partial charge in [-0.25, -0.2) is 0 Å². The fourth-order valence-corrected chi connectivity index (χ4v) is 7.33. The summed E-state index contributed by atoms with van der Waals surface area (Å²) in [6.45, 7) is -0.0994. The van der Waals surface area contributed by atoms with Gasteiger partial charge < -0.3 is 29.9 Å². The van der Waals surface area contributed by atoms with Crippen molar-refractivity contribution in [3.05, 3.63) is 32.9 Å². The number of carbonyl (C=O) groups excluding carboxylic acids is 3. The summed E-state index contributed by atoms with van der Waals surface area (Å²) in [6.07, 6.45) is 11.5. The second-order valence-corrected chi connectivity index (χ2v) is 12.6. The fourth-order valence-electron chi connectivity index (χ4n) is 6.58. The van der Waals surface area contributed by atoms with Gasteiger partial charge >= 0.3 is 0 Å². The SMILES string of the molecule is COc1cc(C=O)cc(I)c1OC1C=C(C(=O)NCCO)CC(N(C(=O)CCC2CCCC2)C2CCCCC2)C1O. The second-order valence-electron chi connectivity index (χ2n) is 11.4. The number of carbonyl (C=O) groups is 3. The van der Waals surface area contributed by atoms with Crippen molar-refractivity contribution in [1.82, 2.24) is 10.2 Å². The number of nitrogens with one attached hydrogen (secondary N) is 1. The summed E-state index contributed by atoms with van der Waals surface area (Å²) in [5.41, 5.74) is 0.832. The molecule has 0 aromatic heterocycles. The lowest BCUT2D eigenvalue weighted by atomic mass is 9.84. The van der Waals surface area contributed by atoms with Gasteiger partial charge in [0.15, 0.2) is 11.5 Å². The normalized spacial score (nSPS) is 23.5. The maximum Gasteiger partial charge on any atom is 0.247 e. The molecule has 1 aromatic carbocycles. The Morgan fingerprint density at radius 3 is 2.49 bits per heavy atom.